The molecule has 160 valence electrons. The fourth-order valence-corrected chi connectivity index (χ4v) is 3.58. The molecule has 6 nitrogen and oxygen atoms in total. The van der Waals surface area contributed by atoms with Crippen LogP contribution < -0.4 is 14.8 Å². The molecule has 3 rings (SSSR count). The summed E-state index contributed by atoms with van der Waals surface area (Å²) in [6.45, 7) is 3.06. The van der Waals surface area contributed by atoms with Crippen LogP contribution in [0.2, 0.25) is 0 Å². The maximum atomic E-state index is 13.0. The number of benzene rings is 2. The van der Waals surface area contributed by atoms with Crippen LogP contribution in [0.5, 0.6) is 11.5 Å². The van der Waals surface area contributed by atoms with Crippen LogP contribution in [0.3, 0.4) is 0 Å². The van der Waals surface area contributed by atoms with Crippen LogP contribution in [0.4, 0.5) is 4.39 Å². The number of hydrogen-bond acceptors (Lipinski definition) is 4. The van der Waals surface area contributed by atoms with E-state index in [9.17, 15) is 14.0 Å². The topological polar surface area (TPSA) is 67.9 Å². The molecule has 0 aliphatic carbocycles. The number of carbonyl (C=O) groups is 2. The van der Waals surface area contributed by atoms with Gasteiger partial charge in [0.1, 0.15) is 17.3 Å². The quantitative estimate of drug-likeness (QED) is 0.756. The second kappa shape index (κ2) is 9.61. The molecule has 0 bridgehead atoms. The van der Waals surface area contributed by atoms with Gasteiger partial charge < -0.3 is 19.7 Å². The van der Waals surface area contributed by atoms with Gasteiger partial charge in [-0.2, -0.15) is 0 Å². The van der Waals surface area contributed by atoms with E-state index < -0.39 is 5.41 Å². The van der Waals surface area contributed by atoms with Crippen LogP contribution in [0.25, 0.3) is 0 Å². The molecule has 0 saturated carbocycles. The summed E-state index contributed by atoms with van der Waals surface area (Å²) in [5, 5.41) is 2.98. The van der Waals surface area contributed by atoms with Gasteiger partial charge in [-0.05, 0) is 61.7 Å². The van der Waals surface area contributed by atoms with Crippen molar-refractivity contribution < 1.29 is 23.5 Å². The smallest absolute Gasteiger partial charge is 0.260 e. The van der Waals surface area contributed by atoms with Gasteiger partial charge in [-0.15, -0.1) is 0 Å². The van der Waals surface area contributed by atoms with Gasteiger partial charge in [0.25, 0.3) is 5.91 Å². The molecule has 2 aromatic rings. The van der Waals surface area contributed by atoms with Gasteiger partial charge in [-0.3, -0.25) is 9.59 Å². The highest BCUT2D eigenvalue weighted by Crippen LogP contribution is 2.30. The van der Waals surface area contributed by atoms with Crippen molar-refractivity contribution >= 4 is 11.8 Å². The van der Waals surface area contributed by atoms with Crippen LogP contribution in [0, 0.1) is 11.2 Å². The van der Waals surface area contributed by atoms with E-state index in [1.54, 1.807) is 12.0 Å². The van der Waals surface area contributed by atoms with Crippen molar-refractivity contribution in [2.75, 3.05) is 26.8 Å². The molecule has 1 N–H and O–H groups in total. The summed E-state index contributed by atoms with van der Waals surface area (Å²) in [5.41, 5.74) is 0.283. The Morgan fingerprint density at radius 1 is 1.17 bits per heavy atom. The molecule has 0 spiro atoms. The molecule has 2 amide bonds. The number of halogens is 1. The van der Waals surface area contributed by atoms with Crippen LogP contribution in [0.15, 0.2) is 48.5 Å². The molecule has 0 radical (unpaired) electrons. The fourth-order valence-electron chi connectivity index (χ4n) is 3.58. The maximum absolute atomic E-state index is 13.0. The minimum atomic E-state index is -0.664. The third-order valence-corrected chi connectivity index (χ3v) is 5.36. The minimum absolute atomic E-state index is 0.0812. The van der Waals surface area contributed by atoms with Gasteiger partial charge in [-0.25, -0.2) is 4.39 Å². The first-order chi connectivity index (χ1) is 14.4. The zero-order chi connectivity index (χ0) is 21.6. The van der Waals surface area contributed by atoms with E-state index in [0.717, 1.165) is 17.7 Å². The van der Waals surface area contributed by atoms with Gasteiger partial charge >= 0.3 is 0 Å². The van der Waals surface area contributed by atoms with E-state index in [2.05, 4.69) is 5.32 Å². The number of methoxy groups -OCH3 is 1. The normalized spacial score (nSPS) is 18.6. The standard InChI is InChI=1S/C23H27FN2O4/c1-23(22(28)25-14-17-5-3-6-20(13-17)29-2)11-4-12-26(16-23)21(27)15-30-19-9-7-18(24)8-10-19/h3,5-10,13H,4,11-12,14-16H2,1-2H3,(H,25,28)/t23-/m1/s1. The predicted molar refractivity (Wildman–Crippen MR) is 111 cm³/mol. The summed E-state index contributed by atoms with van der Waals surface area (Å²) in [6.07, 6.45) is 1.45. The first-order valence-corrected chi connectivity index (χ1v) is 9.97. The fraction of sp³-hybridized carbons (Fsp3) is 0.391. The molecule has 7 heteroatoms. The average Bonchev–Trinajstić information content (AvgIpc) is 2.77. The molecule has 0 unspecified atom stereocenters. The minimum Gasteiger partial charge on any atom is -0.497 e. The Morgan fingerprint density at radius 2 is 1.93 bits per heavy atom. The molecule has 1 aliphatic heterocycles. The molecule has 1 saturated heterocycles. The number of nitrogens with zero attached hydrogens (tertiary/aromatic N) is 1. The van der Waals surface area contributed by atoms with E-state index in [4.69, 9.17) is 9.47 Å². The van der Waals surface area contributed by atoms with Crippen LogP contribution >= 0.6 is 0 Å². The van der Waals surface area contributed by atoms with Gasteiger partial charge in [0.2, 0.25) is 5.91 Å². The lowest BCUT2D eigenvalue weighted by Gasteiger charge is -2.39. The maximum Gasteiger partial charge on any atom is 0.260 e. The van der Waals surface area contributed by atoms with Crippen molar-refractivity contribution in [3.8, 4) is 11.5 Å². The van der Waals surface area contributed by atoms with Gasteiger partial charge in [0.05, 0.1) is 12.5 Å². The lowest BCUT2D eigenvalue weighted by Crippen LogP contribution is -2.52. The zero-order valence-corrected chi connectivity index (χ0v) is 17.3. The highest BCUT2D eigenvalue weighted by atomic mass is 19.1. The molecule has 2 aromatic carbocycles. The highest BCUT2D eigenvalue weighted by Gasteiger charge is 2.39. The number of nitrogens with one attached hydrogen (secondary N) is 1. The zero-order valence-electron chi connectivity index (χ0n) is 17.3. The number of ether oxygens (including phenoxy) is 2. The molecule has 30 heavy (non-hydrogen) atoms. The van der Waals surface area contributed by atoms with Crippen molar-refractivity contribution in [3.05, 3.63) is 59.9 Å². The molecular formula is C23H27FN2O4. The summed E-state index contributed by atoms with van der Waals surface area (Å²) < 4.78 is 23.6. The van der Waals surface area contributed by atoms with E-state index in [1.807, 2.05) is 31.2 Å². The van der Waals surface area contributed by atoms with Crippen molar-refractivity contribution in [2.45, 2.75) is 26.3 Å². The van der Waals surface area contributed by atoms with Crippen LogP contribution in [-0.2, 0) is 16.1 Å². The van der Waals surface area contributed by atoms with E-state index in [1.165, 1.54) is 24.3 Å². The van der Waals surface area contributed by atoms with Gasteiger partial charge in [0.15, 0.2) is 6.61 Å². The summed E-state index contributed by atoms with van der Waals surface area (Å²) in [7, 11) is 1.60. The second-order valence-corrected chi connectivity index (χ2v) is 7.76. The Hall–Kier alpha value is -3.09. The van der Waals surface area contributed by atoms with Crippen LogP contribution in [0.1, 0.15) is 25.3 Å². The molecule has 1 heterocycles. The van der Waals surface area contributed by atoms with Gasteiger partial charge in [-0.1, -0.05) is 12.1 Å². The molecule has 0 aromatic heterocycles. The second-order valence-electron chi connectivity index (χ2n) is 7.76. The Bertz CT molecular complexity index is 887. The molecule has 1 aliphatic rings. The summed E-state index contributed by atoms with van der Waals surface area (Å²) in [6, 6.07) is 13.1. The van der Waals surface area contributed by atoms with Crippen molar-refractivity contribution in [1.29, 1.82) is 0 Å². The number of amides is 2. The predicted octanol–water partition coefficient (Wildman–Crippen LogP) is 3.16. The lowest BCUT2D eigenvalue weighted by molar-refractivity contribution is -0.142. The van der Waals surface area contributed by atoms with Crippen LogP contribution in [-0.4, -0.2) is 43.5 Å². The third kappa shape index (κ3) is 5.49. The Labute approximate surface area is 176 Å². The first kappa shape index (κ1) is 21.6. The highest BCUT2D eigenvalue weighted by molar-refractivity contribution is 5.84. The summed E-state index contributed by atoms with van der Waals surface area (Å²) in [5.74, 6) is 0.539. The SMILES string of the molecule is COc1cccc(CNC(=O)[C@]2(C)CCCN(C(=O)COc3ccc(F)cc3)C2)c1. The first-order valence-electron chi connectivity index (χ1n) is 9.97. The van der Waals surface area contributed by atoms with E-state index >= 15 is 0 Å². The van der Waals surface area contributed by atoms with Crippen molar-refractivity contribution in [1.82, 2.24) is 10.2 Å². The Balaban J connectivity index is 1.54. The largest absolute Gasteiger partial charge is 0.497 e. The number of likely N-dealkylation sites (tertiary alicyclic amines) is 1. The summed E-state index contributed by atoms with van der Waals surface area (Å²) >= 11 is 0. The number of rotatable bonds is 7. The number of piperidine rings is 1. The Morgan fingerprint density at radius 3 is 2.67 bits per heavy atom. The summed E-state index contributed by atoms with van der Waals surface area (Å²) in [4.78, 5) is 27.1. The van der Waals surface area contributed by atoms with Gasteiger partial charge in [0, 0.05) is 19.6 Å². The monoisotopic (exact) mass is 414 g/mol. The molecule has 1 fully saturated rings. The number of hydrogen-bond donors (Lipinski definition) is 1. The molecule has 1 atom stereocenters. The van der Waals surface area contributed by atoms with Crippen molar-refractivity contribution in [3.63, 3.8) is 0 Å². The Kier molecular flexibility index (Phi) is 6.92. The van der Waals surface area contributed by atoms with Crippen molar-refractivity contribution in [2.24, 2.45) is 5.41 Å². The third-order valence-electron chi connectivity index (χ3n) is 5.36. The van der Waals surface area contributed by atoms with E-state index in [0.29, 0.717) is 31.8 Å². The number of carbonyl (C=O) groups excluding carboxylic acids is 2. The average molecular weight is 414 g/mol. The lowest BCUT2D eigenvalue weighted by atomic mass is 9.81. The van der Waals surface area contributed by atoms with E-state index in [-0.39, 0.29) is 24.2 Å². The molecular weight excluding hydrogens is 387 g/mol.